The largest absolute Gasteiger partial charge is 0.497 e. The molecule has 0 aliphatic carbocycles. The summed E-state index contributed by atoms with van der Waals surface area (Å²) in [6.45, 7) is 0. The highest BCUT2D eigenvalue weighted by Gasteiger charge is 2.20. The molecule has 1 aliphatic heterocycles. The topological polar surface area (TPSA) is 52.3 Å². The van der Waals surface area contributed by atoms with Gasteiger partial charge in [-0.15, -0.1) is 10.2 Å². The molecule has 114 valence electrons. The first-order valence-corrected chi connectivity index (χ1v) is 8.19. The van der Waals surface area contributed by atoms with Crippen LogP contribution >= 0.6 is 11.8 Å². The predicted octanol–water partition coefficient (Wildman–Crippen LogP) is 3.31. The second-order valence-electron chi connectivity index (χ2n) is 5.05. The summed E-state index contributed by atoms with van der Waals surface area (Å²) in [5.41, 5.74) is 3.11. The Morgan fingerprint density at radius 3 is 2.48 bits per heavy atom. The first-order valence-electron chi connectivity index (χ1n) is 7.21. The number of hydrogen-bond donors (Lipinski definition) is 0. The van der Waals surface area contributed by atoms with Crippen molar-refractivity contribution < 1.29 is 4.74 Å². The molecular weight excluding hydrogens is 308 g/mol. The van der Waals surface area contributed by atoms with Gasteiger partial charge in [-0.05, 0) is 29.8 Å². The summed E-state index contributed by atoms with van der Waals surface area (Å²) in [6.07, 6.45) is 0. The van der Waals surface area contributed by atoms with E-state index in [0.29, 0.717) is 0 Å². The molecule has 0 atom stereocenters. The number of aromatic nitrogens is 3. The Hall–Kier alpha value is -2.60. The van der Waals surface area contributed by atoms with Crippen LogP contribution < -0.4 is 4.74 Å². The molecule has 0 bridgehead atoms. The molecule has 0 saturated carbocycles. The van der Waals surface area contributed by atoms with Crippen LogP contribution in [0.15, 0.2) is 64.9 Å². The van der Waals surface area contributed by atoms with Crippen molar-refractivity contribution in [2.24, 2.45) is 5.10 Å². The average Bonchev–Trinajstić information content (AvgIpc) is 3.05. The molecular formula is C17H14N4OS. The maximum absolute atomic E-state index is 5.20. The minimum Gasteiger partial charge on any atom is -0.497 e. The van der Waals surface area contributed by atoms with Crippen molar-refractivity contribution in [3.05, 3.63) is 60.2 Å². The van der Waals surface area contributed by atoms with Gasteiger partial charge >= 0.3 is 0 Å². The van der Waals surface area contributed by atoms with Crippen LogP contribution in [-0.2, 0) is 0 Å². The molecule has 0 unspecified atom stereocenters. The zero-order valence-corrected chi connectivity index (χ0v) is 13.3. The van der Waals surface area contributed by atoms with Crippen molar-refractivity contribution in [1.29, 1.82) is 0 Å². The van der Waals surface area contributed by atoms with Crippen LogP contribution in [0.4, 0.5) is 0 Å². The van der Waals surface area contributed by atoms with E-state index in [1.54, 1.807) is 18.9 Å². The van der Waals surface area contributed by atoms with E-state index in [1.807, 2.05) is 47.1 Å². The van der Waals surface area contributed by atoms with E-state index < -0.39 is 0 Å². The second-order valence-corrected chi connectivity index (χ2v) is 5.99. The lowest BCUT2D eigenvalue weighted by Crippen LogP contribution is -2.13. The van der Waals surface area contributed by atoms with Crippen molar-refractivity contribution >= 4 is 17.5 Å². The van der Waals surface area contributed by atoms with E-state index in [1.165, 1.54) is 0 Å². The molecule has 2 aromatic carbocycles. The fourth-order valence-corrected chi connectivity index (χ4v) is 3.26. The molecule has 0 radical (unpaired) electrons. The predicted molar refractivity (Wildman–Crippen MR) is 91.1 cm³/mol. The summed E-state index contributed by atoms with van der Waals surface area (Å²) in [6, 6.07) is 17.9. The molecule has 5 nitrogen and oxygen atoms in total. The SMILES string of the molecule is COc1ccc(-c2nnc3n2N=C(c2ccccc2)CS3)cc1. The standard InChI is InChI=1S/C17H14N4OS/c1-22-14-9-7-13(8-10-14)16-18-19-17-21(16)20-15(11-23-17)12-5-3-2-4-6-12/h2-10H,11H2,1H3. The van der Waals surface area contributed by atoms with E-state index in [4.69, 9.17) is 9.84 Å². The van der Waals surface area contributed by atoms with Crippen LogP contribution in [0, 0.1) is 0 Å². The molecule has 6 heteroatoms. The summed E-state index contributed by atoms with van der Waals surface area (Å²) in [5, 5.41) is 14.1. The third kappa shape index (κ3) is 2.61. The summed E-state index contributed by atoms with van der Waals surface area (Å²) >= 11 is 1.65. The zero-order chi connectivity index (χ0) is 15.6. The number of nitrogens with zero attached hydrogens (tertiary/aromatic N) is 4. The number of thioether (sulfide) groups is 1. The van der Waals surface area contributed by atoms with E-state index in [9.17, 15) is 0 Å². The maximum atomic E-state index is 5.20. The fourth-order valence-electron chi connectivity index (χ4n) is 2.42. The molecule has 0 fully saturated rings. The summed E-state index contributed by atoms with van der Waals surface area (Å²) in [7, 11) is 1.65. The lowest BCUT2D eigenvalue weighted by atomic mass is 10.1. The van der Waals surface area contributed by atoms with Crippen LogP contribution in [0.25, 0.3) is 11.4 Å². The van der Waals surface area contributed by atoms with Gasteiger partial charge in [0.1, 0.15) is 5.75 Å². The van der Waals surface area contributed by atoms with Crippen LogP contribution in [-0.4, -0.2) is 33.4 Å². The fraction of sp³-hybridized carbons (Fsp3) is 0.118. The Labute approximate surface area is 138 Å². The van der Waals surface area contributed by atoms with Crippen molar-refractivity contribution in [3.8, 4) is 17.1 Å². The molecule has 0 saturated heterocycles. The molecule has 1 aromatic heterocycles. The van der Waals surface area contributed by atoms with Crippen LogP contribution in [0.1, 0.15) is 5.56 Å². The zero-order valence-electron chi connectivity index (χ0n) is 12.5. The van der Waals surface area contributed by atoms with Crippen molar-refractivity contribution in [1.82, 2.24) is 14.9 Å². The quantitative estimate of drug-likeness (QED) is 0.742. The van der Waals surface area contributed by atoms with Gasteiger partial charge in [-0.3, -0.25) is 0 Å². The highest BCUT2D eigenvalue weighted by Crippen LogP contribution is 2.29. The number of methoxy groups -OCH3 is 1. The van der Waals surface area contributed by atoms with Crippen LogP contribution in [0.5, 0.6) is 5.75 Å². The van der Waals surface area contributed by atoms with E-state index in [0.717, 1.165) is 39.3 Å². The van der Waals surface area contributed by atoms with Crippen molar-refractivity contribution in [2.45, 2.75) is 5.16 Å². The number of hydrogen-bond acceptors (Lipinski definition) is 5. The Balaban J connectivity index is 1.76. The van der Waals surface area contributed by atoms with Crippen LogP contribution in [0.2, 0.25) is 0 Å². The smallest absolute Gasteiger partial charge is 0.212 e. The molecule has 2 heterocycles. The maximum Gasteiger partial charge on any atom is 0.212 e. The Morgan fingerprint density at radius 2 is 1.74 bits per heavy atom. The second kappa shape index (κ2) is 5.89. The first kappa shape index (κ1) is 14.0. The Kier molecular flexibility index (Phi) is 3.59. The Bertz CT molecular complexity index is 856. The molecule has 3 aromatic rings. The van der Waals surface area contributed by atoms with Crippen molar-refractivity contribution in [3.63, 3.8) is 0 Å². The van der Waals surface area contributed by atoms with E-state index in [2.05, 4.69) is 22.3 Å². The van der Waals surface area contributed by atoms with Gasteiger partial charge in [0, 0.05) is 11.3 Å². The van der Waals surface area contributed by atoms with Gasteiger partial charge in [0.15, 0.2) is 5.82 Å². The van der Waals surface area contributed by atoms with Gasteiger partial charge < -0.3 is 4.74 Å². The molecule has 23 heavy (non-hydrogen) atoms. The number of rotatable bonds is 3. The number of ether oxygens (including phenoxy) is 1. The van der Waals surface area contributed by atoms with E-state index in [-0.39, 0.29) is 0 Å². The number of fused-ring (bicyclic) bond motifs is 1. The normalized spacial score (nSPS) is 13.3. The van der Waals surface area contributed by atoms with E-state index >= 15 is 0 Å². The van der Waals surface area contributed by atoms with Gasteiger partial charge in [-0.25, -0.2) is 0 Å². The van der Waals surface area contributed by atoms with Gasteiger partial charge in [-0.2, -0.15) is 9.78 Å². The Morgan fingerprint density at radius 1 is 0.957 bits per heavy atom. The van der Waals surface area contributed by atoms with Gasteiger partial charge in [-0.1, -0.05) is 42.1 Å². The minimum absolute atomic E-state index is 0.739. The van der Waals surface area contributed by atoms with Gasteiger partial charge in [0.25, 0.3) is 0 Å². The third-order valence-corrected chi connectivity index (χ3v) is 4.56. The van der Waals surface area contributed by atoms with Gasteiger partial charge in [0.2, 0.25) is 5.16 Å². The molecule has 1 aliphatic rings. The first-order chi connectivity index (χ1) is 11.3. The summed E-state index contributed by atoms with van der Waals surface area (Å²) < 4.78 is 7.02. The molecule has 0 amide bonds. The molecule has 0 spiro atoms. The average molecular weight is 322 g/mol. The summed E-state index contributed by atoms with van der Waals surface area (Å²) in [4.78, 5) is 0. The number of benzene rings is 2. The lowest BCUT2D eigenvalue weighted by Gasteiger charge is -2.13. The van der Waals surface area contributed by atoms with Crippen LogP contribution in [0.3, 0.4) is 0 Å². The molecule has 4 rings (SSSR count). The monoisotopic (exact) mass is 322 g/mol. The summed E-state index contributed by atoms with van der Waals surface area (Å²) in [5.74, 6) is 2.35. The molecule has 0 N–H and O–H groups in total. The minimum atomic E-state index is 0.739. The highest BCUT2D eigenvalue weighted by atomic mass is 32.2. The van der Waals surface area contributed by atoms with Gasteiger partial charge in [0.05, 0.1) is 12.8 Å². The highest BCUT2D eigenvalue weighted by molar-refractivity contribution is 7.99. The lowest BCUT2D eigenvalue weighted by molar-refractivity contribution is 0.415. The van der Waals surface area contributed by atoms with Crippen molar-refractivity contribution in [2.75, 3.05) is 12.9 Å². The third-order valence-electron chi connectivity index (χ3n) is 3.63.